The number of ether oxygens (including phenoxy) is 1. The highest BCUT2D eigenvalue weighted by molar-refractivity contribution is 5.85. The molecule has 0 aromatic heterocycles. The second-order valence-corrected chi connectivity index (χ2v) is 4.15. The molecule has 1 aliphatic heterocycles. The quantitative estimate of drug-likeness (QED) is 0.811. The Morgan fingerprint density at radius 2 is 2.12 bits per heavy atom. The van der Waals surface area contributed by atoms with Crippen LogP contribution in [-0.2, 0) is 9.53 Å². The fourth-order valence-corrected chi connectivity index (χ4v) is 1.64. The summed E-state index contributed by atoms with van der Waals surface area (Å²) in [5.41, 5.74) is 0. The van der Waals surface area contributed by atoms with Crippen molar-refractivity contribution in [1.82, 2.24) is 10.2 Å². The third-order valence-corrected chi connectivity index (χ3v) is 2.46. The minimum atomic E-state index is 0. The van der Waals surface area contributed by atoms with E-state index in [1.807, 2.05) is 18.7 Å². The Bertz CT molecular complexity index is 192. The summed E-state index contributed by atoms with van der Waals surface area (Å²) in [6, 6.07) is 0. The fraction of sp³-hybridized carbons (Fsp3) is 0.909. The van der Waals surface area contributed by atoms with Crippen LogP contribution < -0.4 is 5.32 Å². The van der Waals surface area contributed by atoms with E-state index in [1.54, 1.807) is 0 Å². The van der Waals surface area contributed by atoms with Crippen LogP contribution in [0.4, 0.5) is 0 Å². The molecule has 96 valence electrons. The van der Waals surface area contributed by atoms with Crippen LogP contribution in [0.1, 0.15) is 26.7 Å². The predicted molar refractivity (Wildman–Crippen MR) is 67.0 cm³/mol. The van der Waals surface area contributed by atoms with Gasteiger partial charge < -0.3 is 15.0 Å². The molecular formula is C11H23ClN2O2. The molecule has 1 heterocycles. The van der Waals surface area contributed by atoms with Crippen LogP contribution in [0.25, 0.3) is 0 Å². The molecule has 0 bridgehead atoms. The highest BCUT2D eigenvalue weighted by Gasteiger charge is 2.14. The van der Waals surface area contributed by atoms with E-state index in [0.717, 1.165) is 32.6 Å². The molecule has 0 radical (unpaired) electrons. The van der Waals surface area contributed by atoms with Crippen molar-refractivity contribution in [2.75, 3.05) is 32.8 Å². The molecule has 1 fully saturated rings. The van der Waals surface area contributed by atoms with Crippen molar-refractivity contribution in [3.8, 4) is 0 Å². The standard InChI is InChI=1S/C11H22N2O2.ClH/c1-10(2)15-9-4-11(14)13-7-3-5-12-6-8-13;/h10,12H,3-9H2,1-2H3;1H. The van der Waals surface area contributed by atoms with Gasteiger partial charge in [-0.15, -0.1) is 12.4 Å². The largest absolute Gasteiger partial charge is 0.378 e. The summed E-state index contributed by atoms with van der Waals surface area (Å²) in [4.78, 5) is 13.7. The molecule has 0 saturated carbocycles. The molecule has 0 aromatic rings. The number of nitrogens with one attached hydrogen (secondary N) is 1. The topological polar surface area (TPSA) is 41.6 Å². The van der Waals surface area contributed by atoms with Crippen molar-refractivity contribution < 1.29 is 9.53 Å². The van der Waals surface area contributed by atoms with Crippen molar-refractivity contribution >= 4 is 18.3 Å². The first-order chi connectivity index (χ1) is 7.20. The van der Waals surface area contributed by atoms with Crippen LogP contribution in [-0.4, -0.2) is 49.7 Å². The van der Waals surface area contributed by atoms with Crippen molar-refractivity contribution in [1.29, 1.82) is 0 Å². The van der Waals surface area contributed by atoms with E-state index in [0.29, 0.717) is 13.0 Å². The summed E-state index contributed by atoms with van der Waals surface area (Å²) < 4.78 is 5.37. The van der Waals surface area contributed by atoms with E-state index in [4.69, 9.17) is 4.74 Å². The summed E-state index contributed by atoms with van der Waals surface area (Å²) in [5, 5.41) is 3.28. The summed E-state index contributed by atoms with van der Waals surface area (Å²) in [7, 11) is 0. The lowest BCUT2D eigenvalue weighted by Crippen LogP contribution is -2.34. The second-order valence-electron chi connectivity index (χ2n) is 4.15. The first-order valence-electron chi connectivity index (χ1n) is 5.80. The molecule has 1 N–H and O–H groups in total. The highest BCUT2D eigenvalue weighted by Crippen LogP contribution is 2.00. The predicted octanol–water partition coefficient (Wildman–Crippen LogP) is 1.05. The Hall–Kier alpha value is -0.320. The van der Waals surface area contributed by atoms with Gasteiger partial charge in [-0.05, 0) is 26.8 Å². The monoisotopic (exact) mass is 250 g/mol. The number of carbonyl (C=O) groups excluding carboxylic acids is 1. The molecule has 0 atom stereocenters. The molecule has 1 amide bonds. The number of rotatable bonds is 4. The molecule has 4 nitrogen and oxygen atoms in total. The SMILES string of the molecule is CC(C)OCCC(=O)N1CCCNCC1.Cl. The van der Waals surface area contributed by atoms with Crippen LogP contribution in [0.5, 0.6) is 0 Å². The van der Waals surface area contributed by atoms with Gasteiger partial charge in [0.15, 0.2) is 0 Å². The van der Waals surface area contributed by atoms with Crippen LogP contribution in [0.15, 0.2) is 0 Å². The Balaban J connectivity index is 0.00000225. The third kappa shape index (κ3) is 6.30. The summed E-state index contributed by atoms with van der Waals surface area (Å²) in [6.07, 6.45) is 1.78. The zero-order valence-corrected chi connectivity index (χ0v) is 11.0. The zero-order chi connectivity index (χ0) is 11.1. The molecular weight excluding hydrogens is 228 g/mol. The van der Waals surface area contributed by atoms with Gasteiger partial charge in [0, 0.05) is 19.6 Å². The molecule has 5 heteroatoms. The Morgan fingerprint density at radius 3 is 2.81 bits per heavy atom. The van der Waals surface area contributed by atoms with Gasteiger partial charge in [-0.3, -0.25) is 4.79 Å². The fourth-order valence-electron chi connectivity index (χ4n) is 1.64. The maximum atomic E-state index is 11.8. The van der Waals surface area contributed by atoms with Crippen LogP contribution in [0.3, 0.4) is 0 Å². The molecule has 0 aromatic carbocycles. The number of amides is 1. The maximum Gasteiger partial charge on any atom is 0.224 e. The van der Waals surface area contributed by atoms with Crippen LogP contribution in [0.2, 0.25) is 0 Å². The van der Waals surface area contributed by atoms with Crippen molar-refractivity contribution in [2.24, 2.45) is 0 Å². The summed E-state index contributed by atoms with van der Waals surface area (Å²) >= 11 is 0. The molecule has 16 heavy (non-hydrogen) atoms. The molecule has 1 saturated heterocycles. The first kappa shape index (κ1) is 15.7. The van der Waals surface area contributed by atoms with Gasteiger partial charge in [0.2, 0.25) is 5.91 Å². The second kappa shape index (κ2) is 8.79. The van der Waals surface area contributed by atoms with Crippen molar-refractivity contribution in [3.63, 3.8) is 0 Å². The van der Waals surface area contributed by atoms with E-state index in [9.17, 15) is 4.79 Å². The number of carbonyl (C=O) groups is 1. The van der Waals surface area contributed by atoms with Gasteiger partial charge in [-0.1, -0.05) is 0 Å². The van der Waals surface area contributed by atoms with Gasteiger partial charge >= 0.3 is 0 Å². The molecule has 0 spiro atoms. The first-order valence-corrected chi connectivity index (χ1v) is 5.80. The van der Waals surface area contributed by atoms with E-state index < -0.39 is 0 Å². The lowest BCUT2D eigenvalue weighted by atomic mass is 10.3. The van der Waals surface area contributed by atoms with Crippen molar-refractivity contribution in [3.05, 3.63) is 0 Å². The summed E-state index contributed by atoms with van der Waals surface area (Å²) in [6.45, 7) is 8.16. The molecule has 0 unspecified atom stereocenters. The Kier molecular flexibility index (Phi) is 8.61. The highest BCUT2D eigenvalue weighted by atomic mass is 35.5. The molecule has 0 aliphatic carbocycles. The van der Waals surface area contributed by atoms with E-state index in [2.05, 4.69) is 5.32 Å². The zero-order valence-electron chi connectivity index (χ0n) is 10.2. The Labute approximate surface area is 104 Å². The average molecular weight is 251 g/mol. The summed E-state index contributed by atoms with van der Waals surface area (Å²) in [5.74, 6) is 0.222. The molecule has 1 aliphatic rings. The van der Waals surface area contributed by atoms with E-state index in [1.165, 1.54) is 0 Å². The normalized spacial score (nSPS) is 16.8. The average Bonchev–Trinajstić information content (AvgIpc) is 2.44. The maximum absolute atomic E-state index is 11.8. The van der Waals surface area contributed by atoms with Crippen molar-refractivity contribution in [2.45, 2.75) is 32.8 Å². The lowest BCUT2D eigenvalue weighted by Gasteiger charge is -2.20. The van der Waals surface area contributed by atoms with Gasteiger partial charge in [0.05, 0.1) is 19.1 Å². The van der Waals surface area contributed by atoms with E-state index >= 15 is 0 Å². The van der Waals surface area contributed by atoms with Crippen LogP contribution in [0, 0.1) is 0 Å². The van der Waals surface area contributed by atoms with Gasteiger partial charge in [0.1, 0.15) is 0 Å². The van der Waals surface area contributed by atoms with Crippen LogP contribution >= 0.6 is 12.4 Å². The van der Waals surface area contributed by atoms with E-state index in [-0.39, 0.29) is 24.4 Å². The number of hydrogen-bond acceptors (Lipinski definition) is 3. The Morgan fingerprint density at radius 1 is 1.38 bits per heavy atom. The third-order valence-electron chi connectivity index (χ3n) is 2.46. The number of halogens is 1. The number of nitrogens with zero attached hydrogens (tertiary/aromatic N) is 1. The smallest absolute Gasteiger partial charge is 0.224 e. The minimum Gasteiger partial charge on any atom is -0.378 e. The number of hydrogen-bond donors (Lipinski definition) is 1. The van der Waals surface area contributed by atoms with Gasteiger partial charge in [0.25, 0.3) is 0 Å². The molecule has 1 rings (SSSR count). The lowest BCUT2D eigenvalue weighted by molar-refractivity contribution is -0.132. The van der Waals surface area contributed by atoms with Gasteiger partial charge in [-0.2, -0.15) is 0 Å². The van der Waals surface area contributed by atoms with Gasteiger partial charge in [-0.25, -0.2) is 0 Å². The minimum absolute atomic E-state index is 0.